The van der Waals surface area contributed by atoms with Crippen LogP contribution < -0.4 is 0 Å². The van der Waals surface area contributed by atoms with Gasteiger partial charge in [-0.05, 0) is 29.2 Å². The number of aromatic nitrogens is 1. The van der Waals surface area contributed by atoms with Crippen LogP contribution in [-0.2, 0) is 0 Å². The number of fused-ring (bicyclic) bond motifs is 1. The molecule has 0 atom stereocenters. The van der Waals surface area contributed by atoms with Gasteiger partial charge < -0.3 is 0 Å². The SMILES string of the molecule is Brc1ccccc1/C=C/c1nccc2ccccc12. The maximum atomic E-state index is 4.45. The minimum Gasteiger partial charge on any atom is -0.256 e. The molecule has 1 heterocycles. The fraction of sp³-hybridized carbons (Fsp3) is 0. The summed E-state index contributed by atoms with van der Waals surface area (Å²) in [7, 11) is 0. The zero-order valence-corrected chi connectivity index (χ0v) is 11.8. The van der Waals surface area contributed by atoms with Crippen molar-refractivity contribution in [2.24, 2.45) is 0 Å². The molecular weight excluding hydrogens is 298 g/mol. The van der Waals surface area contributed by atoms with E-state index in [9.17, 15) is 0 Å². The summed E-state index contributed by atoms with van der Waals surface area (Å²) in [6.07, 6.45) is 5.99. The summed E-state index contributed by atoms with van der Waals surface area (Å²) >= 11 is 3.55. The van der Waals surface area contributed by atoms with Crippen LogP contribution in [0.3, 0.4) is 0 Å². The molecule has 0 bridgehead atoms. The van der Waals surface area contributed by atoms with Gasteiger partial charge in [0, 0.05) is 16.1 Å². The average molecular weight is 310 g/mol. The number of nitrogens with zero attached hydrogens (tertiary/aromatic N) is 1. The van der Waals surface area contributed by atoms with E-state index in [2.05, 4.69) is 51.3 Å². The number of benzene rings is 2. The fourth-order valence-electron chi connectivity index (χ4n) is 2.05. The molecule has 2 heteroatoms. The van der Waals surface area contributed by atoms with Gasteiger partial charge in [-0.15, -0.1) is 0 Å². The molecule has 1 nitrogen and oxygen atoms in total. The molecule has 0 spiro atoms. The molecular formula is C17H12BrN. The molecule has 19 heavy (non-hydrogen) atoms. The Morgan fingerprint density at radius 2 is 1.63 bits per heavy atom. The predicted octanol–water partition coefficient (Wildman–Crippen LogP) is 5.17. The normalized spacial score (nSPS) is 11.2. The molecule has 0 N–H and O–H groups in total. The summed E-state index contributed by atoms with van der Waals surface area (Å²) in [5, 5.41) is 2.39. The predicted molar refractivity (Wildman–Crippen MR) is 84.8 cm³/mol. The summed E-state index contributed by atoms with van der Waals surface area (Å²) in [6.45, 7) is 0. The Morgan fingerprint density at radius 1 is 0.842 bits per heavy atom. The Bertz CT molecular complexity index is 742. The molecule has 2 aromatic carbocycles. The molecule has 92 valence electrons. The smallest absolute Gasteiger partial charge is 0.0708 e. The molecule has 0 amide bonds. The van der Waals surface area contributed by atoms with E-state index in [0.29, 0.717) is 0 Å². The summed E-state index contributed by atoms with van der Waals surface area (Å²) in [4.78, 5) is 4.45. The quantitative estimate of drug-likeness (QED) is 0.636. The van der Waals surface area contributed by atoms with Crippen molar-refractivity contribution in [2.45, 2.75) is 0 Å². The maximum absolute atomic E-state index is 4.45. The highest BCUT2D eigenvalue weighted by Gasteiger charge is 1.98. The van der Waals surface area contributed by atoms with Crippen molar-refractivity contribution in [1.82, 2.24) is 4.98 Å². The highest BCUT2D eigenvalue weighted by atomic mass is 79.9. The van der Waals surface area contributed by atoms with E-state index in [4.69, 9.17) is 0 Å². The minimum atomic E-state index is 0.994. The standard InChI is InChI=1S/C17H12BrN/c18-16-8-4-2-6-14(16)9-10-17-15-7-3-1-5-13(15)11-12-19-17/h1-12H/b10-9+. The van der Waals surface area contributed by atoms with E-state index in [0.717, 1.165) is 15.7 Å². The van der Waals surface area contributed by atoms with Crippen molar-refractivity contribution in [3.8, 4) is 0 Å². The van der Waals surface area contributed by atoms with Gasteiger partial charge in [0.15, 0.2) is 0 Å². The monoisotopic (exact) mass is 309 g/mol. The lowest BCUT2D eigenvalue weighted by Crippen LogP contribution is -1.83. The first-order valence-electron chi connectivity index (χ1n) is 6.11. The minimum absolute atomic E-state index is 0.994. The molecule has 0 unspecified atom stereocenters. The Hall–Kier alpha value is -1.93. The van der Waals surface area contributed by atoms with Gasteiger partial charge in [0.1, 0.15) is 0 Å². The third kappa shape index (κ3) is 2.59. The Morgan fingerprint density at radius 3 is 2.53 bits per heavy atom. The molecule has 0 aliphatic rings. The van der Waals surface area contributed by atoms with E-state index < -0.39 is 0 Å². The van der Waals surface area contributed by atoms with Gasteiger partial charge in [-0.2, -0.15) is 0 Å². The second-order valence-corrected chi connectivity index (χ2v) is 5.13. The molecule has 0 aliphatic heterocycles. The number of hydrogen-bond donors (Lipinski definition) is 0. The highest BCUT2D eigenvalue weighted by molar-refractivity contribution is 9.10. The molecule has 1 aromatic heterocycles. The largest absolute Gasteiger partial charge is 0.256 e. The van der Waals surface area contributed by atoms with Crippen LogP contribution in [0.15, 0.2) is 65.3 Å². The fourth-order valence-corrected chi connectivity index (χ4v) is 2.47. The Balaban J connectivity index is 2.04. The maximum Gasteiger partial charge on any atom is 0.0708 e. The van der Waals surface area contributed by atoms with Crippen LogP contribution in [0.4, 0.5) is 0 Å². The van der Waals surface area contributed by atoms with Crippen molar-refractivity contribution in [2.75, 3.05) is 0 Å². The lowest BCUT2D eigenvalue weighted by atomic mass is 10.1. The van der Waals surface area contributed by atoms with Crippen LogP contribution in [0.1, 0.15) is 11.3 Å². The lowest BCUT2D eigenvalue weighted by Gasteiger charge is -2.01. The van der Waals surface area contributed by atoms with Gasteiger partial charge in [-0.1, -0.05) is 64.5 Å². The van der Waals surface area contributed by atoms with E-state index in [1.54, 1.807) is 0 Å². The van der Waals surface area contributed by atoms with Crippen LogP contribution in [0.5, 0.6) is 0 Å². The molecule has 3 aromatic rings. The van der Waals surface area contributed by atoms with Gasteiger partial charge in [0.25, 0.3) is 0 Å². The molecule has 0 saturated carbocycles. The van der Waals surface area contributed by atoms with Crippen molar-refractivity contribution >= 4 is 38.9 Å². The first-order chi connectivity index (χ1) is 9.34. The summed E-state index contributed by atoms with van der Waals surface area (Å²) in [5.74, 6) is 0. The first-order valence-corrected chi connectivity index (χ1v) is 6.90. The number of pyridine rings is 1. The van der Waals surface area contributed by atoms with Crippen molar-refractivity contribution in [3.63, 3.8) is 0 Å². The lowest BCUT2D eigenvalue weighted by molar-refractivity contribution is 1.33. The first kappa shape index (κ1) is 12.1. The topological polar surface area (TPSA) is 12.9 Å². The zero-order valence-electron chi connectivity index (χ0n) is 10.3. The van der Waals surface area contributed by atoms with Crippen LogP contribution in [0, 0.1) is 0 Å². The molecule has 0 saturated heterocycles. The zero-order chi connectivity index (χ0) is 13.1. The number of halogens is 1. The third-order valence-corrected chi connectivity index (χ3v) is 3.75. The van der Waals surface area contributed by atoms with Crippen LogP contribution in [-0.4, -0.2) is 4.98 Å². The Labute approximate surface area is 120 Å². The summed E-state index contributed by atoms with van der Waals surface area (Å²) in [5.41, 5.74) is 2.14. The number of hydrogen-bond acceptors (Lipinski definition) is 1. The molecule has 0 aliphatic carbocycles. The van der Waals surface area contributed by atoms with Crippen LogP contribution in [0.25, 0.3) is 22.9 Å². The van der Waals surface area contributed by atoms with Gasteiger partial charge in [-0.25, -0.2) is 0 Å². The Kier molecular flexibility index (Phi) is 3.43. The second-order valence-electron chi connectivity index (χ2n) is 4.27. The van der Waals surface area contributed by atoms with E-state index >= 15 is 0 Å². The third-order valence-electron chi connectivity index (χ3n) is 3.03. The second kappa shape index (κ2) is 5.37. The van der Waals surface area contributed by atoms with Crippen molar-refractivity contribution in [1.29, 1.82) is 0 Å². The van der Waals surface area contributed by atoms with Gasteiger partial charge in [0.05, 0.1) is 5.69 Å². The van der Waals surface area contributed by atoms with Gasteiger partial charge in [0.2, 0.25) is 0 Å². The van der Waals surface area contributed by atoms with E-state index in [1.165, 1.54) is 10.8 Å². The molecule has 0 radical (unpaired) electrons. The van der Waals surface area contributed by atoms with Crippen molar-refractivity contribution < 1.29 is 0 Å². The van der Waals surface area contributed by atoms with Gasteiger partial charge >= 0.3 is 0 Å². The molecule has 3 rings (SSSR count). The van der Waals surface area contributed by atoms with Crippen LogP contribution in [0.2, 0.25) is 0 Å². The van der Waals surface area contributed by atoms with E-state index in [1.807, 2.05) is 42.6 Å². The number of rotatable bonds is 2. The van der Waals surface area contributed by atoms with E-state index in [-0.39, 0.29) is 0 Å². The summed E-state index contributed by atoms with van der Waals surface area (Å²) in [6, 6.07) is 18.5. The van der Waals surface area contributed by atoms with Crippen LogP contribution >= 0.6 is 15.9 Å². The highest BCUT2D eigenvalue weighted by Crippen LogP contribution is 2.21. The average Bonchev–Trinajstić information content (AvgIpc) is 2.46. The van der Waals surface area contributed by atoms with Gasteiger partial charge in [-0.3, -0.25) is 4.98 Å². The molecule has 0 fully saturated rings. The summed E-state index contributed by atoms with van der Waals surface area (Å²) < 4.78 is 1.09. The van der Waals surface area contributed by atoms with Crippen molar-refractivity contribution in [3.05, 3.63) is 76.5 Å².